The summed E-state index contributed by atoms with van der Waals surface area (Å²) in [6, 6.07) is 7.95. The summed E-state index contributed by atoms with van der Waals surface area (Å²) in [5.74, 6) is 0. The summed E-state index contributed by atoms with van der Waals surface area (Å²) in [6.45, 7) is 0.309. The van der Waals surface area contributed by atoms with Crippen LogP contribution < -0.4 is 5.73 Å². The van der Waals surface area contributed by atoms with Gasteiger partial charge in [0.05, 0.1) is 0 Å². The van der Waals surface area contributed by atoms with E-state index in [1.54, 1.807) is 0 Å². The quantitative estimate of drug-likeness (QED) is 0.738. The third-order valence-corrected chi connectivity index (χ3v) is 3.68. The number of nitrogens with two attached hydrogens (primary N) is 1. The maximum absolute atomic E-state index is 10.9. The van der Waals surface area contributed by atoms with Gasteiger partial charge < -0.3 is 15.6 Å². The molecule has 2 rings (SSSR count). The molecule has 0 bridgehead atoms. The van der Waals surface area contributed by atoms with Crippen molar-refractivity contribution in [2.75, 3.05) is 6.54 Å². The summed E-state index contributed by atoms with van der Waals surface area (Å²) in [7, 11) is 0. The molecule has 0 radical (unpaired) electrons. The standard InChI is InChI=1S/C13H17NO2/c14-9-13(12(16)8-15)7-3-5-10-4-1-2-6-11(10)13/h1-2,4,6,8,12,16H,3,5,7,9,14H2. The van der Waals surface area contributed by atoms with E-state index in [0.717, 1.165) is 24.8 Å². The van der Waals surface area contributed by atoms with Gasteiger partial charge in [0.25, 0.3) is 0 Å². The van der Waals surface area contributed by atoms with Crippen molar-refractivity contribution in [2.24, 2.45) is 5.73 Å². The van der Waals surface area contributed by atoms with Gasteiger partial charge in [-0.1, -0.05) is 24.3 Å². The van der Waals surface area contributed by atoms with Crippen LogP contribution in [0.2, 0.25) is 0 Å². The lowest BCUT2D eigenvalue weighted by molar-refractivity contribution is -0.118. The van der Waals surface area contributed by atoms with Crippen LogP contribution in [0.3, 0.4) is 0 Å². The Morgan fingerprint density at radius 1 is 1.50 bits per heavy atom. The van der Waals surface area contributed by atoms with Gasteiger partial charge >= 0.3 is 0 Å². The average Bonchev–Trinajstić information content (AvgIpc) is 2.37. The van der Waals surface area contributed by atoms with E-state index in [1.807, 2.05) is 18.2 Å². The second-order valence-corrected chi connectivity index (χ2v) is 4.45. The zero-order valence-electron chi connectivity index (χ0n) is 9.23. The molecule has 16 heavy (non-hydrogen) atoms. The minimum atomic E-state index is -1.00. The van der Waals surface area contributed by atoms with Gasteiger partial charge in [-0.05, 0) is 30.4 Å². The van der Waals surface area contributed by atoms with Gasteiger partial charge in [-0.25, -0.2) is 0 Å². The van der Waals surface area contributed by atoms with Crippen LogP contribution in [0.1, 0.15) is 24.0 Å². The maximum atomic E-state index is 10.9. The Kier molecular flexibility index (Phi) is 3.08. The summed E-state index contributed by atoms with van der Waals surface area (Å²) in [6.07, 6.45) is 2.36. The van der Waals surface area contributed by atoms with E-state index < -0.39 is 11.5 Å². The lowest BCUT2D eigenvalue weighted by Crippen LogP contribution is -2.48. The van der Waals surface area contributed by atoms with E-state index >= 15 is 0 Å². The van der Waals surface area contributed by atoms with Crippen molar-refractivity contribution in [1.82, 2.24) is 0 Å². The number of aryl methyl sites for hydroxylation is 1. The number of aldehydes is 1. The van der Waals surface area contributed by atoms with Gasteiger partial charge in [-0.2, -0.15) is 0 Å². The number of carbonyl (C=O) groups excluding carboxylic acids is 1. The zero-order valence-corrected chi connectivity index (χ0v) is 9.23. The van der Waals surface area contributed by atoms with Gasteiger partial charge in [-0.3, -0.25) is 0 Å². The summed E-state index contributed by atoms with van der Waals surface area (Å²) in [5.41, 5.74) is 7.49. The third-order valence-electron chi connectivity index (χ3n) is 3.68. The molecule has 3 N–H and O–H groups in total. The normalized spacial score (nSPS) is 25.9. The Bertz CT molecular complexity index is 391. The highest BCUT2D eigenvalue weighted by atomic mass is 16.3. The average molecular weight is 219 g/mol. The second kappa shape index (κ2) is 4.36. The smallest absolute Gasteiger partial charge is 0.149 e. The maximum Gasteiger partial charge on any atom is 0.149 e. The fraction of sp³-hybridized carbons (Fsp3) is 0.462. The van der Waals surface area contributed by atoms with Gasteiger partial charge in [-0.15, -0.1) is 0 Å². The highest BCUT2D eigenvalue weighted by Gasteiger charge is 2.41. The van der Waals surface area contributed by atoms with Crippen LogP contribution in [0.25, 0.3) is 0 Å². The van der Waals surface area contributed by atoms with Crippen LogP contribution in [0.15, 0.2) is 24.3 Å². The van der Waals surface area contributed by atoms with Crippen molar-refractivity contribution >= 4 is 6.29 Å². The lowest BCUT2D eigenvalue weighted by atomic mass is 9.67. The van der Waals surface area contributed by atoms with Gasteiger partial charge in [0.15, 0.2) is 0 Å². The molecule has 0 heterocycles. The van der Waals surface area contributed by atoms with Crippen molar-refractivity contribution in [3.05, 3.63) is 35.4 Å². The Morgan fingerprint density at radius 2 is 2.25 bits per heavy atom. The molecule has 0 aromatic heterocycles. The van der Waals surface area contributed by atoms with Gasteiger partial charge in [0.1, 0.15) is 12.4 Å². The van der Waals surface area contributed by atoms with Crippen molar-refractivity contribution in [2.45, 2.75) is 30.8 Å². The molecule has 1 aliphatic carbocycles. The Hall–Kier alpha value is -1.19. The molecule has 1 aromatic rings. The first-order chi connectivity index (χ1) is 7.74. The summed E-state index contributed by atoms with van der Waals surface area (Å²) in [4.78, 5) is 10.9. The van der Waals surface area contributed by atoms with Gasteiger partial charge in [0, 0.05) is 12.0 Å². The highest BCUT2D eigenvalue weighted by Crippen LogP contribution is 2.38. The third kappa shape index (κ3) is 1.56. The minimum Gasteiger partial charge on any atom is -0.385 e. The van der Waals surface area contributed by atoms with Crippen molar-refractivity contribution < 1.29 is 9.90 Å². The number of rotatable bonds is 3. The molecule has 0 spiro atoms. The van der Waals surface area contributed by atoms with E-state index in [9.17, 15) is 9.90 Å². The molecule has 0 saturated carbocycles. The van der Waals surface area contributed by atoms with Crippen molar-refractivity contribution in [3.8, 4) is 0 Å². The molecule has 86 valence electrons. The molecule has 0 aliphatic heterocycles. The first-order valence-corrected chi connectivity index (χ1v) is 5.66. The molecular weight excluding hydrogens is 202 g/mol. The van der Waals surface area contributed by atoms with E-state index in [1.165, 1.54) is 5.56 Å². The van der Waals surface area contributed by atoms with Crippen LogP contribution in [0, 0.1) is 0 Å². The molecule has 2 unspecified atom stereocenters. The Labute approximate surface area is 95.3 Å². The lowest BCUT2D eigenvalue weighted by Gasteiger charge is -2.39. The molecule has 0 amide bonds. The zero-order chi connectivity index (χ0) is 11.6. The minimum absolute atomic E-state index is 0.309. The number of hydrogen-bond acceptors (Lipinski definition) is 3. The van der Waals surface area contributed by atoms with Crippen LogP contribution >= 0.6 is 0 Å². The van der Waals surface area contributed by atoms with E-state index in [-0.39, 0.29) is 0 Å². The molecule has 3 heteroatoms. The van der Waals surface area contributed by atoms with E-state index in [2.05, 4.69) is 6.07 Å². The molecule has 2 atom stereocenters. The predicted octanol–water partition coefficient (Wildman–Crippen LogP) is 0.779. The number of aliphatic hydroxyl groups is 1. The molecule has 1 aromatic carbocycles. The molecule has 0 fully saturated rings. The first-order valence-electron chi connectivity index (χ1n) is 5.66. The van der Waals surface area contributed by atoms with E-state index in [0.29, 0.717) is 12.8 Å². The first kappa shape index (κ1) is 11.3. The monoisotopic (exact) mass is 219 g/mol. The van der Waals surface area contributed by atoms with Gasteiger partial charge in [0.2, 0.25) is 0 Å². The molecule has 0 saturated heterocycles. The Balaban J connectivity index is 2.53. The molecular formula is C13H17NO2. The van der Waals surface area contributed by atoms with Crippen LogP contribution in [0.4, 0.5) is 0 Å². The summed E-state index contributed by atoms with van der Waals surface area (Å²) < 4.78 is 0. The number of hydrogen-bond donors (Lipinski definition) is 2. The SMILES string of the molecule is NCC1(C(O)C=O)CCCc2ccccc21. The largest absolute Gasteiger partial charge is 0.385 e. The van der Waals surface area contributed by atoms with Crippen LogP contribution in [0.5, 0.6) is 0 Å². The topological polar surface area (TPSA) is 63.3 Å². The van der Waals surface area contributed by atoms with Crippen LogP contribution in [-0.2, 0) is 16.6 Å². The van der Waals surface area contributed by atoms with Crippen molar-refractivity contribution in [1.29, 1.82) is 0 Å². The fourth-order valence-corrected chi connectivity index (χ4v) is 2.72. The molecule has 1 aliphatic rings. The highest BCUT2D eigenvalue weighted by molar-refractivity contribution is 5.61. The fourth-order valence-electron chi connectivity index (χ4n) is 2.72. The number of aliphatic hydroxyl groups excluding tert-OH is 1. The van der Waals surface area contributed by atoms with Crippen molar-refractivity contribution in [3.63, 3.8) is 0 Å². The summed E-state index contributed by atoms with van der Waals surface area (Å²) >= 11 is 0. The van der Waals surface area contributed by atoms with E-state index in [4.69, 9.17) is 5.73 Å². The van der Waals surface area contributed by atoms with Crippen LogP contribution in [-0.4, -0.2) is 24.0 Å². The number of carbonyl (C=O) groups is 1. The molecule has 3 nitrogen and oxygen atoms in total. The summed E-state index contributed by atoms with van der Waals surface area (Å²) in [5, 5.41) is 9.93. The number of fused-ring (bicyclic) bond motifs is 1. The Morgan fingerprint density at radius 3 is 2.94 bits per heavy atom. The number of benzene rings is 1. The predicted molar refractivity (Wildman–Crippen MR) is 62.2 cm³/mol. The second-order valence-electron chi connectivity index (χ2n) is 4.45.